The van der Waals surface area contributed by atoms with E-state index in [9.17, 15) is 4.79 Å². The van der Waals surface area contributed by atoms with Crippen molar-refractivity contribution in [3.05, 3.63) is 89.4 Å². The second kappa shape index (κ2) is 9.12. The van der Waals surface area contributed by atoms with Crippen molar-refractivity contribution in [2.24, 2.45) is 0 Å². The van der Waals surface area contributed by atoms with Gasteiger partial charge in [0.05, 0.1) is 23.9 Å². The van der Waals surface area contributed by atoms with E-state index in [-0.39, 0.29) is 5.91 Å². The molecule has 0 radical (unpaired) electrons. The fraction of sp³-hybridized carbons (Fsp3) is 0.185. The quantitative estimate of drug-likeness (QED) is 0.404. The van der Waals surface area contributed by atoms with Gasteiger partial charge in [-0.05, 0) is 54.6 Å². The van der Waals surface area contributed by atoms with Gasteiger partial charge in [-0.2, -0.15) is 0 Å². The molecule has 2 heterocycles. The number of carbonyl (C=O) groups excluding carboxylic acids is 1. The average molecular weight is 458 g/mol. The van der Waals surface area contributed by atoms with Gasteiger partial charge in [0.2, 0.25) is 0 Å². The van der Waals surface area contributed by atoms with Gasteiger partial charge >= 0.3 is 0 Å². The maximum Gasteiger partial charge on any atom is 0.254 e. The summed E-state index contributed by atoms with van der Waals surface area (Å²) in [6.07, 6.45) is 0. The Morgan fingerprint density at radius 3 is 2.39 bits per heavy atom. The molecule has 0 bridgehead atoms. The summed E-state index contributed by atoms with van der Waals surface area (Å²) < 4.78 is 5.27. The zero-order chi connectivity index (χ0) is 22.8. The molecule has 0 atom stereocenters. The lowest BCUT2D eigenvalue weighted by Crippen LogP contribution is -2.48. The number of ether oxygens (including phenoxy) is 1. The number of methoxy groups -OCH3 is 1. The van der Waals surface area contributed by atoms with E-state index in [1.807, 2.05) is 77.7 Å². The number of piperazine rings is 1. The zero-order valence-corrected chi connectivity index (χ0v) is 19.1. The Bertz CT molecular complexity index is 1300. The Labute approximate surface area is 198 Å². The number of benzene rings is 3. The second-order valence-electron chi connectivity index (χ2n) is 8.06. The Hall–Kier alpha value is -3.57. The number of hydrogen-bond donors (Lipinski definition) is 0. The van der Waals surface area contributed by atoms with Crippen LogP contribution < -0.4 is 9.64 Å². The SMILES string of the molecule is COc1ccc(-c2cc(C(=O)N3CCN(c4cccc(Cl)c4)CC3)c3ccccc3n2)cc1. The van der Waals surface area contributed by atoms with E-state index >= 15 is 0 Å². The smallest absolute Gasteiger partial charge is 0.254 e. The van der Waals surface area contributed by atoms with Gasteiger partial charge in [0.25, 0.3) is 5.91 Å². The molecule has 0 aliphatic carbocycles. The van der Waals surface area contributed by atoms with Crippen molar-refractivity contribution in [3.63, 3.8) is 0 Å². The second-order valence-corrected chi connectivity index (χ2v) is 8.50. The minimum absolute atomic E-state index is 0.0362. The van der Waals surface area contributed by atoms with Crippen LogP contribution in [0, 0.1) is 0 Å². The van der Waals surface area contributed by atoms with Gasteiger partial charge in [-0.3, -0.25) is 4.79 Å². The molecule has 6 heteroatoms. The van der Waals surface area contributed by atoms with Crippen LogP contribution in [0.15, 0.2) is 78.9 Å². The predicted octanol–water partition coefficient (Wildman–Crippen LogP) is 5.53. The van der Waals surface area contributed by atoms with Crippen LogP contribution in [0.5, 0.6) is 5.75 Å². The number of anilines is 1. The van der Waals surface area contributed by atoms with Gasteiger partial charge in [-0.15, -0.1) is 0 Å². The molecule has 1 aliphatic rings. The molecule has 166 valence electrons. The topological polar surface area (TPSA) is 45.7 Å². The third-order valence-corrected chi connectivity index (χ3v) is 6.31. The summed E-state index contributed by atoms with van der Waals surface area (Å²) in [5.41, 5.74) is 4.30. The van der Waals surface area contributed by atoms with Gasteiger partial charge in [0, 0.05) is 47.8 Å². The van der Waals surface area contributed by atoms with Gasteiger partial charge in [0.1, 0.15) is 5.75 Å². The first-order valence-corrected chi connectivity index (χ1v) is 11.3. The summed E-state index contributed by atoms with van der Waals surface area (Å²) in [7, 11) is 1.65. The normalized spacial score (nSPS) is 13.9. The van der Waals surface area contributed by atoms with Crippen LogP contribution in [0.3, 0.4) is 0 Å². The Morgan fingerprint density at radius 1 is 0.909 bits per heavy atom. The maximum absolute atomic E-state index is 13.6. The minimum Gasteiger partial charge on any atom is -0.497 e. The monoisotopic (exact) mass is 457 g/mol. The first-order chi connectivity index (χ1) is 16.1. The highest BCUT2D eigenvalue weighted by molar-refractivity contribution is 6.30. The van der Waals surface area contributed by atoms with Crippen molar-refractivity contribution in [2.45, 2.75) is 0 Å². The van der Waals surface area contributed by atoms with Crippen molar-refractivity contribution in [3.8, 4) is 17.0 Å². The summed E-state index contributed by atoms with van der Waals surface area (Å²) in [4.78, 5) is 22.6. The maximum atomic E-state index is 13.6. The van der Waals surface area contributed by atoms with Crippen LogP contribution in [-0.4, -0.2) is 49.1 Å². The Kier molecular flexibility index (Phi) is 5.88. The molecule has 1 aromatic heterocycles. The lowest BCUT2D eigenvalue weighted by Gasteiger charge is -2.36. The standard InChI is InChI=1S/C27H24ClN3O2/c1-33-22-11-9-19(10-12-22)26-18-24(23-7-2-3-8-25(23)29-26)27(32)31-15-13-30(14-16-31)21-6-4-5-20(28)17-21/h2-12,17-18H,13-16H2,1H3. The number of rotatable bonds is 4. The number of aromatic nitrogens is 1. The molecule has 1 amide bonds. The van der Waals surface area contributed by atoms with Crippen LogP contribution >= 0.6 is 11.6 Å². The number of hydrogen-bond acceptors (Lipinski definition) is 4. The highest BCUT2D eigenvalue weighted by atomic mass is 35.5. The predicted molar refractivity (Wildman–Crippen MR) is 133 cm³/mol. The number of amides is 1. The number of pyridine rings is 1. The highest BCUT2D eigenvalue weighted by Gasteiger charge is 2.24. The summed E-state index contributed by atoms with van der Waals surface area (Å²) in [6.45, 7) is 2.83. The fourth-order valence-electron chi connectivity index (χ4n) is 4.27. The van der Waals surface area contributed by atoms with Gasteiger partial charge in [-0.1, -0.05) is 35.9 Å². The van der Waals surface area contributed by atoms with Crippen molar-refractivity contribution < 1.29 is 9.53 Å². The molecule has 33 heavy (non-hydrogen) atoms. The molecule has 0 spiro atoms. The number of halogens is 1. The molecule has 0 N–H and O–H groups in total. The van der Waals surface area contributed by atoms with E-state index in [1.165, 1.54) is 0 Å². The summed E-state index contributed by atoms with van der Waals surface area (Å²) in [5, 5.41) is 1.59. The first-order valence-electron chi connectivity index (χ1n) is 11.0. The Balaban J connectivity index is 1.43. The number of para-hydroxylation sites is 1. The van der Waals surface area contributed by atoms with Crippen LogP contribution in [0.25, 0.3) is 22.2 Å². The van der Waals surface area contributed by atoms with Crippen LogP contribution in [0.1, 0.15) is 10.4 Å². The summed E-state index contributed by atoms with van der Waals surface area (Å²) >= 11 is 6.16. The zero-order valence-electron chi connectivity index (χ0n) is 18.4. The van der Waals surface area contributed by atoms with E-state index in [1.54, 1.807) is 7.11 Å². The molecule has 1 fully saturated rings. The van der Waals surface area contributed by atoms with Crippen molar-refractivity contribution >= 4 is 34.1 Å². The fourth-order valence-corrected chi connectivity index (χ4v) is 4.46. The lowest BCUT2D eigenvalue weighted by molar-refractivity contribution is 0.0748. The molecule has 4 aromatic rings. The lowest BCUT2D eigenvalue weighted by atomic mass is 10.0. The van der Waals surface area contributed by atoms with E-state index in [4.69, 9.17) is 21.3 Å². The van der Waals surface area contributed by atoms with E-state index in [2.05, 4.69) is 11.0 Å². The highest BCUT2D eigenvalue weighted by Crippen LogP contribution is 2.28. The number of fused-ring (bicyclic) bond motifs is 1. The van der Waals surface area contributed by atoms with E-state index in [0.29, 0.717) is 18.7 Å². The van der Waals surface area contributed by atoms with Crippen LogP contribution in [-0.2, 0) is 0 Å². The van der Waals surface area contributed by atoms with Gasteiger partial charge in [0.15, 0.2) is 0 Å². The molecule has 1 saturated heterocycles. The van der Waals surface area contributed by atoms with Crippen LogP contribution in [0.4, 0.5) is 5.69 Å². The summed E-state index contributed by atoms with van der Waals surface area (Å²) in [5.74, 6) is 0.822. The van der Waals surface area contributed by atoms with Crippen molar-refractivity contribution in [1.29, 1.82) is 0 Å². The molecule has 5 nitrogen and oxygen atoms in total. The largest absolute Gasteiger partial charge is 0.497 e. The molecule has 3 aromatic carbocycles. The minimum atomic E-state index is 0.0362. The summed E-state index contributed by atoms with van der Waals surface area (Å²) in [6, 6.07) is 25.3. The van der Waals surface area contributed by atoms with Crippen LogP contribution in [0.2, 0.25) is 5.02 Å². The molecular weight excluding hydrogens is 434 g/mol. The first kappa shape index (κ1) is 21.3. The number of carbonyl (C=O) groups is 1. The van der Waals surface area contributed by atoms with Crippen molar-refractivity contribution in [1.82, 2.24) is 9.88 Å². The molecule has 0 unspecified atom stereocenters. The number of nitrogens with zero attached hydrogens (tertiary/aromatic N) is 3. The van der Waals surface area contributed by atoms with Gasteiger partial charge < -0.3 is 14.5 Å². The molecule has 0 saturated carbocycles. The average Bonchev–Trinajstić information content (AvgIpc) is 2.88. The third-order valence-electron chi connectivity index (χ3n) is 6.07. The third kappa shape index (κ3) is 4.37. The molecular formula is C27H24ClN3O2. The van der Waals surface area contributed by atoms with Gasteiger partial charge in [-0.25, -0.2) is 4.98 Å². The van der Waals surface area contributed by atoms with Crippen molar-refractivity contribution in [2.75, 3.05) is 38.2 Å². The molecule has 1 aliphatic heterocycles. The molecule has 5 rings (SSSR count). The Morgan fingerprint density at radius 2 is 1.67 bits per heavy atom. The van der Waals surface area contributed by atoms with E-state index in [0.717, 1.165) is 51.7 Å². The van der Waals surface area contributed by atoms with E-state index < -0.39 is 0 Å².